The maximum absolute atomic E-state index is 5.36. The van der Waals surface area contributed by atoms with Crippen LogP contribution in [0.5, 0.6) is 0 Å². The van der Waals surface area contributed by atoms with Crippen molar-refractivity contribution >= 4 is 58.8 Å². The zero-order valence-electron chi connectivity index (χ0n) is 57.8. The zero-order valence-corrected chi connectivity index (χ0v) is 65.0. The molecule has 0 saturated heterocycles. The number of allylic oxidation sites excluding steroid dienone is 8. The van der Waals surface area contributed by atoms with Crippen LogP contribution in [-0.4, -0.2) is 80.9 Å². The quantitative estimate of drug-likeness (QED) is 0.0792. The molecule has 0 spiro atoms. The Morgan fingerprint density at radius 3 is 0.565 bits per heavy atom. The van der Waals surface area contributed by atoms with Crippen LogP contribution in [-0.2, 0) is 21.7 Å². The van der Waals surface area contributed by atoms with Crippen molar-refractivity contribution < 1.29 is 21.7 Å². The van der Waals surface area contributed by atoms with Gasteiger partial charge in [0.25, 0.3) is 0 Å². The zero-order chi connectivity index (χ0) is 62.7. The summed E-state index contributed by atoms with van der Waals surface area (Å²) < 4.78 is 0. The van der Waals surface area contributed by atoms with E-state index in [1.54, 1.807) is 0 Å². The molecule has 4 aliphatic rings. The Labute approximate surface area is 545 Å². The van der Waals surface area contributed by atoms with Crippen LogP contribution in [0.25, 0.3) is 21.3 Å². The van der Waals surface area contributed by atoms with Crippen molar-refractivity contribution in [2.45, 2.75) is 235 Å². The Bertz CT molecular complexity index is 2720. The average molecular weight is 1240 g/mol. The molecular formula is C76H112N4Si4Ti. The van der Waals surface area contributed by atoms with E-state index in [1.165, 1.54) is 87.6 Å². The van der Waals surface area contributed by atoms with E-state index in [1.807, 2.05) is 0 Å². The third-order valence-electron chi connectivity index (χ3n) is 20.4. The van der Waals surface area contributed by atoms with Gasteiger partial charge in [0.2, 0.25) is 0 Å². The molecule has 9 heteroatoms. The Kier molecular flexibility index (Phi) is 26.5. The SMILES string of the molecule is CCC(C)([N-]C1(C)C=C(C)C(C)=C1C)[SiH2]c1ccccc1.CCC(C)([N-]C1(C)C=C(C)C(C)=C1C)[SiH2]c1ccccc1.CCC(C)([N-]C1(C)C=C(C)C(C)=C1C)[SiH2]c1ccccc1.CCC(C)([N-]C1(C)C=C(C)C(C)=C1C)[SiH2]c1ccccc1.[Ti+4]. The summed E-state index contributed by atoms with van der Waals surface area (Å²) in [6.07, 6.45) is 13.9. The van der Waals surface area contributed by atoms with Crippen LogP contribution < -0.4 is 20.7 Å². The molecule has 85 heavy (non-hydrogen) atoms. The van der Waals surface area contributed by atoms with Crippen molar-refractivity contribution in [2.75, 3.05) is 0 Å². The van der Waals surface area contributed by atoms with E-state index < -0.39 is 38.1 Å². The maximum atomic E-state index is 5.36. The van der Waals surface area contributed by atoms with Crippen LogP contribution in [0.4, 0.5) is 0 Å². The molecule has 8 unspecified atom stereocenters. The van der Waals surface area contributed by atoms with Gasteiger partial charge in [-0.2, -0.15) is 0 Å². The molecule has 0 aliphatic heterocycles. The van der Waals surface area contributed by atoms with Gasteiger partial charge in [-0.25, -0.2) is 0 Å². The predicted octanol–water partition coefficient (Wildman–Crippen LogP) is 16.1. The summed E-state index contributed by atoms with van der Waals surface area (Å²) in [5, 5.41) is 27.9. The van der Waals surface area contributed by atoms with Crippen molar-refractivity contribution in [3.05, 3.63) is 234 Å². The predicted molar refractivity (Wildman–Crippen MR) is 389 cm³/mol. The van der Waals surface area contributed by atoms with Crippen molar-refractivity contribution in [3.63, 3.8) is 0 Å². The molecular weight excluding hydrogens is 1130 g/mol. The minimum absolute atomic E-state index is 0. The third kappa shape index (κ3) is 19.1. The Morgan fingerprint density at radius 1 is 0.294 bits per heavy atom. The van der Waals surface area contributed by atoms with Gasteiger partial charge in [-0.05, 0) is 83.1 Å². The molecule has 4 nitrogen and oxygen atoms in total. The number of rotatable bonds is 20. The summed E-state index contributed by atoms with van der Waals surface area (Å²) in [5.74, 6) is 0. The van der Waals surface area contributed by atoms with Crippen molar-refractivity contribution in [3.8, 4) is 0 Å². The van der Waals surface area contributed by atoms with E-state index in [4.69, 9.17) is 21.3 Å². The minimum atomic E-state index is -0.440. The first-order chi connectivity index (χ1) is 39.2. The van der Waals surface area contributed by atoms with E-state index in [0.29, 0.717) is 0 Å². The molecule has 4 aromatic carbocycles. The third-order valence-corrected chi connectivity index (χ3v) is 29.6. The Hall–Kier alpha value is -3.78. The number of benzene rings is 4. The van der Waals surface area contributed by atoms with Gasteiger partial charge in [0, 0.05) is 38.1 Å². The average Bonchev–Trinajstić information content (AvgIpc) is 3.84. The molecule has 8 atom stereocenters. The molecule has 0 saturated carbocycles. The minimum Gasteiger partial charge on any atom is -0.647 e. The van der Waals surface area contributed by atoms with Crippen molar-refractivity contribution in [2.24, 2.45) is 0 Å². The van der Waals surface area contributed by atoms with Crippen LogP contribution in [0.2, 0.25) is 0 Å². The molecule has 0 aromatic heterocycles. The maximum Gasteiger partial charge on any atom is 4.00 e. The fourth-order valence-corrected chi connectivity index (χ4v) is 21.3. The number of nitrogens with zero attached hydrogens (tertiary/aromatic N) is 4. The first-order valence-electron chi connectivity index (χ1n) is 31.8. The smallest absolute Gasteiger partial charge is 0.647 e. The van der Waals surface area contributed by atoms with Crippen LogP contribution in [0, 0.1) is 0 Å². The van der Waals surface area contributed by atoms with E-state index >= 15 is 0 Å². The second kappa shape index (κ2) is 30.6. The molecule has 8 rings (SSSR count). The van der Waals surface area contributed by atoms with Gasteiger partial charge < -0.3 is 21.3 Å². The van der Waals surface area contributed by atoms with Gasteiger partial charge >= 0.3 is 21.7 Å². The summed E-state index contributed by atoms with van der Waals surface area (Å²) >= 11 is 0. The van der Waals surface area contributed by atoms with Gasteiger partial charge in [-0.1, -0.05) is 364 Å². The standard InChI is InChI=1S/4C19H28NSi.Ti/c4*1-7-19(6,21-17-11-9-8-10-12-17)20-18(5)13-14(2)15(3)16(18)4;/h4*8-13H,7,21H2,1-6H3;/q4*-1;+4. The number of hydrogen-bond donors (Lipinski definition) is 0. The first-order valence-corrected chi connectivity index (χ1v) is 37.5. The summed E-state index contributed by atoms with van der Waals surface area (Å²) in [4.78, 5) is 0. The van der Waals surface area contributed by atoms with Crippen LogP contribution in [0.1, 0.15) is 192 Å². The molecule has 0 radical (unpaired) electrons. The second-order valence-corrected chi connectivity index (χ2v) is 38.2. The second-order valence-electron chi connectivity index (χ2n) is 27.4. The molecule has 0 amide bonds. The van der Waals surface area contributed by atoms with E-state index in [0.717, 1.165) is 25.7 Å². The van der Waals surface area contributed by atoms with Gasteiger partial charge in [-0.3, -0.25) is 0 Å². The Balaban J connectivity index is 0.000000242. The number of hydrogen-bond acceptors (Lipinski definition) is 0. The molecule has 0 bridgehead atoms. The normalized spacial score (nSPS) is 25.2. The fraction of sp³-hybridized carbons (Fsp3) is 0.474. The monoisotopic (exact) mass is 1240 g/mol. The van der Waals surface area contributed by atoms with Crippen molar-refractivity contribution in [1.82, 2.24) is 0 Å². The molecule has 0 N–H and O–H groups in total. The van der Waals surface area contributed by atoms with Crippen LogP contribution >= 0.6 is 0 Å². The van der Waals surface area contributed by atoms with E-state index in [2.05, 4.69) is 312 Å². The van der Waals surface area contributed by atoms with E-state index in [9.17, 15) is 0 Å². The van der Waals surface area contributed by atoms with E-state index in [-0.39, 0.29) is 64.5 Å². The summed E-state index contributed by atoms with van der Waals surface area (Å²) in [6, 6.07) is 43.7. The van der Waals surface area contributed by atoms with Crippen molar-refractivity contribution in [1.29, 1.82) is 0 Å². The van der Waals surface area contributed by atoms with Gasteiger partial charge in [0.1, 0.15) is 0 Å². The van der Waals surface area contributed by atoms with Crippen LogP contribution in [0.3, 0.4) is 0 Å². The summed E-state index contributed by atoms with van der Waals surface area (Å²) in [5.41, 5.74) is 16.5. The molecule has 4 aliphatic carbocycles. The summed E-state index contributed by atoms with van der Waals surface area (Å²) in [7, 11) is -1.76. The molecule has 456 valence electrons. The molecule has 0 fully saturated rings. The summed E-state index contributed by atoms with van der Waals surface area (Å²) in [6.45, 7) is 54.3. The van der Waals surface area contributed by atoms with Gasteiger partial charge in [0.15, 0.2) is 0 Å². The largest absolute Gasteiger partial charge is 4.00 e. The first kappa shape index (κ1) is 73.7. The fourth-order valence-electron chi connectivity index (χ4n) is 13.1. The van der Waals surface area contributed by atoms with Gasteiger partial charge in [-0.15, -0.1) is 20.6 Å². The topological polar surface area (TPSA) is 56.4 Å². The van der Waals surface area contributed by atoms with Gasteiger partial charge in [0.05, 0.1) is 0 Å². The van der Waals surface area contributed by atoms with Crippen LogP contribution in [0.15, 0.2) is 213 Å². The molecule has 0 heterocycles. The molecule has 4 aromatic rings. The Morgan fingerprint density at radius 2 is 0.447 bits per heavy atom.